The number of anilines is 1. The van der Waals surface area contributed by atoms with E-state index in [9.17, 15) is 23.1 Å². The van der Waals surface area contributed by atoms with Crippen LogP contribution in [0.2, 0.25) is 0 Å². The number of aromatic hydroxyl groups is 2. The molecule has 0 aliphatic rings. The molecule has 2 amide bonds. The topological polar surface area (TPSA) is 81.6 Å². The molecule has 122 valence electrons. The molecule has 0 bridgehead atoms. The van der Waals surface area contributed by atoms with Crippen molar-refractivity contribution in [2.24, 2.45) is 0 Å². The van der Waals surface area contributed by atoms with Gasteiger partial charge in [-0.2, -0.15) is 13.2 Å². The summed E-state index contributed by atoms with van der Waals surface area (Å²) in [5, 5.41) is 23.5. The number of alkyl halides is 3. The van der Waals surface area contributed by atoms with Crippen molar-refractivity contribution in [3.63, 3.8) is 0 Å². The van der Waals surface area contributed by atoms with E-state index in [2.05, 4.69) is 10.6 Å². The van der Waals surface area contributed by atoms with Gasteiger partial charge in [0, 0.05) is 12.6 Å². The lowest BCUT2D eigenvalue weighted by Crippen LogP contribution is -2.28. The van der Waals surface area contributed by atoms with Gasteiger partial charge >= 0.3 is 12.2 Å². The van der Waals surface area contributed by atoms with Crippen LogP contribution in [0.3, 0.4) is 0 Å². The first-order valence-electron chi connectivity index (χ1n) is 6.48. The van der Waals surface area contributed by atoms with Gasteiger partial charge in [0.2, 0.25) is 0 Å². The van der Waals surface area contributed by atoms with Crippen molar-refractivity contribution in [2.45, 2.75) is 12.7 Å². The maximum Gasteiger partial charge on any atom is 0.416 e. The Labute approximate surface area is 129 Å². The summed E-state index contributed by atoms with van der Waals surface area (Å²) < 4.78 is 37.3. The van der Waals surface area contributed by atoms with E-state index in [0.717, 1.165) is 18.2 Å². The summed E-state index contributed by atoms with van der Waals surface area (Å²) in [6.45, 7) is 0.0167. The van der Waals surface area contributed by atoms with Crippen LogP contribution in [0.1, 0.15) is 11.1 Å². The number of carbonyl (C=O) groups excluding carboxylic acids is 1. The van der Waals surface area contributed by atoms with Crippen LogP contribution in [0.15, 0.2) is 42.5 Å². The number of rotatable bonds is 3. The number of nitrogens with one attached hydrogen (secondary N) is 2. The zero-order valence-electron chi connectivity index (χ0n) is 11.7. The van der Waals surface area contributed by atoms with Gasteiger partial charge in [-0.3, -0.25) is 0 Å². The summed E-state index contributed by atoms with van der Waals surface area (Å²) >= 11 is 0. The van der Waals surface area contributed by atoms with E-state index in [4.69, 9.17) is 5.11 Å². The Morgan fingerprint density at radius 2 is 1.70 bits per heavy atom. The molecular formula is C15H13F3N2O3. The standard InChI is InChI=1S/C15H13F3N2O3/c16-15(17,18)10-3-1-9(2-4-10)8-19-14(23)20-12-6-5-11(21)7-13(12)22/h1-7,21-22H,8H2,(H2,19,20,23). The number of phenols is 2. The van der Waals surface area contributed by atoms with Crippen LogP contribution in [-0.2, 0) is 12.7 Å². The van der Waals surface area contributed by atoms with Crippen molar-refractivity contribution in [3.8, 4) is 11.5 Å². The molecule has 2 rings (SSSR count). The van der Waals surface area contributed by atoms with Crippen molar-refractivity contribution in [3.05, 3.63) is 53.6 Å². The number of halogens is 3. The third-order valence-electron chi connectivity index (χ3n) is 2.96. The largest absolute Gasteiger partial charge is 0.508 e. The fraction of sp³-hybridized carbons (Fsp3) is 0.133. The number of amides is 2. The Hall–Kier alpha value is -2.90. The van der Waals surface area contributed by atoms with Crippen LogP contribution < -0.4 is 10.6 Å². The van der Waals surface area contributed by atoms with Gasteiger partial charge in [0.15, 0.2) is 0 Å². The fourth-order valence-electron chi connectivity index (χ4n) is 1.79. The molecule has 0 unspecified atom stereocenters. The summed E-state index contributed by atoms with van der Waals surface area (Å²) in [6, 6.07) is 7.40. The van der Waals surface area contributed by atoms with Crippen molar-refractivity contribution in [2.75, 3.05) is 5.32 Å². The molecule has 0 saturated carbocycles. The molecule has 0 saturated heterocycles. The highest BCUT2D eigenvalue weighted by molar-refractivity contribution is 5.90. The minimum absolute atomic E-state index is 0.0167. The van der Waals surface area contributed by atoms with Crippen molar-refractivity contribution >= 4 is 11.7 Å². The number of hydrogen-bond acceptors (Lipinski definition) is 3. The van der Waals surface area contributed by atoms with E-state index in [0.29, 0.717) is 5.56 Å². The summed E-state index contributed by atoms with van der Waals surface area (Å²) in [7, 11) is 0. The lowest BCUT2D eigenvalue weighted by Gasteiger charge is -2.10. The van der Waals surface area contributed by atoms with Gasteiger partial charge in [0.1, 0.15) is 11.5 Å². The molecule has 0 aliphatic carbocycles. The third kappa shape index (κ3) is 4.53. The van der Waals surface area contributed by atoms with Crippen LogP contribution >= 0.6 is 0 Å². The maximum absolute atomic E-state index is 12.4. The van der Waals surface area contributed by atoms with E-state index in [1.165, 1.54) is 24.3 Å². The SMILES string of the molecule is O=C(NCc1ccc(C(F)(F)F)cc1)Nc1ccc(O)cc1O. The first kappa shape index (κ1) is 16.5. The number of benzene rings is 2. The van der Waals surface area contributed by atoms with E-state index >= 15 is 0 Å². The minimum Gasteiger partial charge on any atom is -0.508 e. The van der Waals surface area contributed by atoms with Crippen LogP contribution in [0.25, 0.3) is 0 Å². The normalized spacial score (nSPS) is 11.1. The zero-order valence-corrected chi connectivity index (χ0v) is 11.7. The minimum atomic E-state index is -4.40. The number of carbonyl (C=O) groups is 1. The molecular weight excluding hydrogens is 313 g/mol. The van der Waals surface area contributed by atoms with Crippen LogP contribution in [-0.4, -0.2) is 16.2 Å². The van der Waals surface area contributed by atoms with Crippen LogP contribution in [0.4, 0.5) is 23.7 Å². The van der Waals surface area contributed by atoms with Gasteiger partial charge < -0.3 is 20.8 Å². The van der Waals surface area contributed by atoms with Gasteiger partial charge in [-0.15, -0.1) is 0 Å². The molecule has 0 heterocycles. The lowest BCUT2D eigenvalue weighted by atomic mass is 10.1. The molecule has 2 aromatic rings. The predicted octanol–water partition coefficient (Wildman–Crippen LogP) is 3.44. The molecule has 0 fully saturated rings. The van der Waals surface area contributed by atoms with Crippen LogP contribution in [0, 0.1) is 0 Å². The molecule has 5 nitrogen and oxygen atoms in total. The molecule has 0 radical (unpaired) electrons. The highest BCUT2D eigenvalue weighted by Crippen LogP contribution is 2.29. The van der Waals surface area contributed by atoms with Gasteiger partial charge in [-0.05, 0) is 29.8 Å². The fourth-order valence-corrected chi connectivity index (χ4v) is 1.79. The Bertz CT molecular complexity index is 700. The second-order valence-corrected chi connectivity index (χ2v) is 4.70. The summed E-state index contributed by atoms with van der Waals surface area (Å²) in [5.41, 5.74) is -0.185. The quantitative estimate of drug-likeness (QED) is 0.515. The smallest absolute Gasteiger partial charge is 0.416 e. The highest BCUT2D eigenvalue weighted by atomic mass is 19.4. The van der Waals surface area contributed by atoms with Crippen molar-refractivity contribution in [1.29, 1.82) is 0 Å². The molecule has 0 spiro atoms. The number of hydrogen-bond donors (Lipinski definition) is 4. The summed E-state index contributed by atoms with van der Waals surface area (Å²) in [6.07, 6.45) is -4.40. The number of phenolic OH excluding ortho intramolecular Hbond substituents is 2. The Morgan fingerprint density at radius 1 is 1.04 bits per heavy atom. The van der Waals surface area contributed by atoms with Gasteiger partial charge in [0.25, 0.3) is 0 Å². The molecule has 0 aliphatic heterocycles. The molecule has 0 aromatic heterocycles. The van der Waals surface area contributed by atoms with E-state index in [1.807, 2.05) is 0 Å². The van der Waals surface area contributed by atoms with E-state index < -0.39 is 17.8 Å². The predicted molar refractivity (Wildman–Crippen MR) is 77.1 cm³/mol. The zero-order chi connectivity index (χ0) is 17.0. The van der Waals surface area contributed by atoms with Gasteiger partial charge in [-0.25, -0.2) is 4.79 Å². The Balaban J connectivity index is 1.91. The highest BCUT2D eigenvalue weighted by Gasteiger charge is 2.29. The van der Waals surface area contributed by atoms with Crippen molar-refractivity contribution in [1.82, 2.24) is 5.32 Å². The first-order chi connectivity index (χ1) is 10.8. The average Bonchev–Trinajstić information content (AvgIpc) is 2.47. The number of urea groups is 1. The summed E-state index contributed by atoms with van der Waals surface area (Å²) in [4.78, 5) is 11.7. The molecule has 2 aromatic carbocycles. The maximum atomic E-state index is 12.4. The van der Waals surface area contributed by atoms with Crippen molar-refractivity contribution < 1.29 is 28.2 Å². The van der Waals surface area contributed by atoms with Crippen LogP contribution in [0.5, 0.6) is 11.5 Å². The average molecular weight is 326 g/mol. The lowest BCUT2D eigenvalue weighted by molar-refractivity contribution is -0.137. The second kappa shape index (κ2) is 6.47. The molecule has 0 atom stereocenters. The Kier molecular flexibility index (Phi) is 4.63. The Morgan fingerprint density at radius 3 is 2.26 bits per heavy atom. The van der Waals surface area contributed by atoms with Gasteiger partial charge in [0.05, 0.1) is 11.3 Å². The van der Waals surface area contributed by atoms with E-state index in [-0.39, 0.29) is 23.7 Å². The van der Waals surface area contributed by atoms with E-state index in [1.54, 1.807) is 0 Å². The molecule has 8 heteroatoms. The summed E-state index contributed by atoms with van der Waals surface area (Å²) in [5.74, 6) is -0.465. The third-order valence-corrected chi connectivity index (χ3v) is 2.96. The second-order valence-electron chi connectivity index (χ2n) is 4.70. The monoisotopic (exact) mass is 326 g/mol. The first-order valence-corrected chi connectivity index (χ1v) is 6.48. The molecule has 4 N–H and O–H groups in total. The molecule has 23 heavy (non-hydrogen) atoms. The van der Waals surface area contributed by atoms with Gasteiger partial charge in [-0.1, -0.05) is 12.1 Å².